The lowest BCUT2D eigenvalue weighted by Crippen LogP contribution is -2.15. The lowest BCUT2D eigenvalue weighted by Gasteiger charge is -2.07. The second-order valence-electron chi connectivity index (χ2n) is 6.82. The molecule has 1 fully saturated rings. The minimum atomic E-state index is -0.716. The van der Waals surface area contributed by atoms with Gasteiger partial charge in [-0.3, -0.25) is 4.79 Å². The number of carbonyl (C=O) groups is 1. The second-order valence-corrected chi connectivity index (χ2v) is 7.18. The summed E-state index contributed by atoms with van der Waals surface area (Å²) in [7, 11) is 0. The van der Waals surface area contributed by atoms with Crippen molar-refractivity contribution in [3.63, 3.8) is 0 Å². The van der Waals surface area contributed by atoms with Crippen LogP contribution in [0.1, 0.15) is 34.1 Å². The molecule has 0 aliphatic heterocycles. The summed E-state index contributed by atoms with van der Waals surface area (Å²) >= 11 is 6.00. The smallest absolute Gasteiger partial charge is 0.276 e. The average molecular weight is 387 g/mol. The number of halogens is 3. The Bertz CT molecular complexity index is 1100. The summed E-state index contributed by atoms with van der Waals surface area (Å²) in [5, 5.41) is 7.26. The number of benzene rings is 1. The molecule has 27 heavy (non-hydrogen) atoms. The molecule has 2 aromatic heterocycles. The van der Waals surface area contributed by atoms with Crippen molar-refractivity contribution < 1.29 is 13.6 Å². The highest BCUT2D eigenvalue weighted by atomic mass is 35.5. The summed E-state index contributed by atoms with van der Waals surface area (Å²) in [6.45, 7) is 0. The summed E-state index contributed by atoms with van der Waals surface area (Å²) < 4.78 is 29.1. The number of nitrogens with one attached hydrogen (secondary N) is 1. The molecule has 8 heteroatoms. The fraction of sp³-hybridized carbons (Fsp3) is 0.211. The largest absolute Gasteiger partial charge is 0.318 e. The van der Waals surface area contributed by atoms with Gasteiger partial charge in [0.1, 0.15) is 11.5 Å². The number of carbonyl (C=O) groups excluding carboxylic acids is 1. The van der Waals surface area contributed by atoms with Crippen molar-refractivity contribution in [2.45, 2.75) is 18.8 Å². The van der Waals surface area contributed by atoms with Gasteiger partial charge in [0.15, 0.2) is 16.7 Å². The van der Waals surface area contributed by atoms with Crippen molar-refractivity contribution in [3.8, 4) is 5.69 Å². The lowest BCUT2D eigenvalue weighted by molar-refractivity contribution is 0.102. The van der Waals surface area contributed by atoms with Gasteiger partial charge in [0.2, 0.25) is 0 Å². The van der Waals surface area contributed by atoms with Crippen LogP contribution < -0.4 is 5.32 Å². The minimum Gasteiger partial charge on any atom is -0.318 e. The zero-order valence-corrected chi connectivity index (χ0v) is 14.7. The number of fused-ring (bicyclic) bond motifs is 3. The fourth-order valence-electron chi connectivity index (χ4n) is 3.80. The maximum absolute atomic E-state index is 14.3. The van der Waals surface area contributed by atoms with Crippen LogP contribution in [0.4, 0.5) is 14.5 Å². The Morgan fingerprint density at radius 2 is 2.15 bits per heavy atom. The third-order valence-electron chi connectivity index (χ3n) is 5.12. The average Bonchev–Trinajstić information content (AvgIpc) is 3.14. The van der Waals surface area contributed by atoms with Gasteiger partial charge in [-0.2, -0.15) is 5.10 Å². The lowest BCUT2D eigenvalue weighted by atomic mass is 10.1. The molecule has 0 saturated heterocycles. The first kappa shape index (κ1) is 16.4. The first-order valence-corrected chi connectivity index (χ1v) is 8.90. The van der Waals surface area contributed by atoms with Crippen molar-refractivity contribution in [3.05, 3.63) is 70.3 Å². The van der Waals surface area contributed by atoms with Gasteiger partial charge >= 0.3 is 0 Å². The molecule has 1 N–H and O–H groups in total. The van der Waals surface area contributed by atoms with Crippen molar-refractivity contribution in [1.29, 1.82) is 0 Å². The van der Waals surface area contributed by atoms with Gasteiger partial charge in [0, 0.05) is 23.7 Å². The van der Waals surface area contributed by atoms with E-state index in [2.05, 4.69) is 15.4 Å². The van der Waals surface area contributed by atoms with E-state index < -0.39 is 17.5 Å². The molecule has 0 radical (unpaired) electrons. The number of aromatic nitrogens is 3. The number of pyridine rings is 1. The predicted octanol–water partition coefficient (Wildman–Crippen LogP) is 4.11. The highest BCUT2D eigenvalue weighted by molar-refractivity contribution is 6.32. The molecule has 1 saturated carbocycles. The van der Waals surface area contributed by atoms with Crippen LogP contribution in [0.25, 0.3) is 5.69 Å². The fourth-order valence-corrected chi connectivity index (χ4v) is 3.96. The van der Waals surface area contributed by atoms with Crippen LogP contribution in [0, 0.1) is 17.6 Å². The molecule has 3 aromatic rings. The standard InChI is InChI=1S/C19H13ClF2N4O/c20-18-14(2-1-5-23-18)24-19(27)16-12-7-9-6-11(9)17(12)26(25-16)15-4-3-10(21)8-13(15)22/h1-5,8-9,11H,6-7H2,(H,24,27)/t9-,11-/m1/s1. The Balaban J connectivity index is 1.58. The third-order valence-corrected chi connectivity index (χ3v) is 5.42. The zero-order valence-electron chi connectivity index (χ0n) is 13.9. The molecule has 2 atom stereocenters. The van der Waals surface area contributed by atoms with E-state index in [-0.39, 0.29) is 22.5 Å². The van der Waals surface area contributed by atoms with Gasteiger partial charge in [-0.05, 0) is 43.0 Å². The van der Waals surface area contributed by atoms with Crippen LogP contribution in [0.3, 0.4) is 0 Å². The Kier molecular flexibility index (Phi) is 3.55. The van der Waals surface area contributed by atoms with Crippen molar-refractivity contribution >= 4 is 23.2 Å². The second kappa shape index (κ2) is 5.85. The quantitative estimate of drug-likeness (QED) is 0.689. The normalized spacial score (nSPS) is 19.5. The number of hydrogen-bond donors (Lipinski definition) is 1. The number of amides is 1. The number of nitrogens with zero attached hydrogens (tertiary/aromatic N) is 3. The molecule has 0 bridgehead atoms. The first-order chi connectivity index (χ1) is 13.0. The highest BCUT2D eigenvalue weighted by Crippen LogP contribution is 2.57. The van der Waals surface area contributed by atoms with Crippen molar-refractivity contribution in [2.24, 2.45) is 5.92 Å². The van der Waals surface area contributed by atoms with E-state index in [1.54, 1.807) is 12.1 Å². The predicted molar refractivity (Wildman–Crippen MR) is 95.2 cm³/mol. The van der Waals surface area contributed by atoms with E-state index in [1.807, 2.05) is 0 Å². The monoisotopic (exact) mass is 386 g/mol. The number of rotatable bonds is 3. The third kappa shape index (κ3) is 2.61. The van der Waals surface area contributed by atoms with E-state index in [9.17, 15) is 13.6 Å². The van der Waals surface area contributed by atoms with Crippen LogP contribution in [-0.2, 0) is 6.42 Å². The Labute approximate surface area is 158 Å². The number of hydrogen-bond acceptors (Lipinski definition) is 3. The van der Waals surface area contributed by atoms with Crippen LogP contribution in [0.2, 0.25) is 5.15 Å². The molecule has 0 unspecified atom stereocenters. The summed E-state index contributed by atoms with van der Waals surface area (Å²) in [5.74, 6) is -1.08. The van der Waals surface area contributed by atoms with Gasteiger partial charge in [-0.25, -0.2) is 18.4 Å². The van der Waals surface area contributed by atoms with Crippen LogP contribution >= 0.6 is 11.6 Å². The molecule has 0 spiro atoms. The molecule has 2 heterocycles. The Morgan fingerprint density at radius 3 is 2.93 bits per heavy atom. The Morgan fingerprint density at radius 1 is 1.30 bits per heavy atom. The molecule has 5 rings (SSSR count). The Hall–Kier alpha value is -2.80. The summed E-state index contributed by atoms with van der Waals surface area (Å²) in [5.41, 5.74) is 2.41. The van der Waals surface area contributed by atoms with Gasteiger partial charge in [-0.1, -0.05) is 11.6 Å². The van der Waals surface area contributed by atoms with Crippen molar-refractivity contribution in [1.82, 2.24) is 14.8 Å². The zero-order chi connectivity index (χ0) is 18.7. The summed E-state index contributed by atoms with van der Waals surface area (Å²) in [4.78, 5) is 16.7. The van der Waals surface area contributed by atoms with Gasteiger partial charge in [0.25, 0.3) is 5.91 Å². The molecule has 2 aliphatic rings. The van der Waals surface area contributed by atoms with Crippen molar-refractivity contribution in [2.75, 3.05) is 5.32 Å². The summed E-state index contributed by atoms with van der Waals surface area (Å²) in [6, 6.07) is 6.64. The van der Waals surface area contributed by atoms with E-state index in [0.29, 0.717) is 11.6 Å². The molecule has 1 aromatic carbocycles. The van der Waals surface area contributed by atoms with Gasteiger partial charge < -0.3 is 5.32 Å². The van der Waals surface area contributed by atoms with E-state index in [1.165, 1.54) is 23.0 Å². The van der Waals surface area contributed by atoms with E-state index >= 15 is 0 Å². The maximum atomic E-state index is 14.3. The van der Waals surface area contributed by atoms with Gasteiger partial charge in [-0.15, -0.1) is 0 Å². The first-order valence-electron chi connectivity index (χ1n) is 8.52. The SMILES string of the molecule is O=C(Nc1cccnc1Cl)c1nn(-c2ccc(F)cc2F)c2c1C[C@H]1C[C@@H]21. The van der Waals surface area contributed by atoms with E-state index in [4.69, 9.17) is 11.6 Å². The molecular formula is C19H13ClF2N4O. The molecule has 5 nitrogen and oxygen atoms in total. The minimum absolute atomic E-state index is 0.138. The van der Waals surface area contributed by atoms with E-state index in [0.717, 1.165) is 30.2 Å². The topological polar surface area (TPSA) is 59.8 Å². The maximum Gasteiger partial charge on any atom is 0.276 e. The molecular weight excluding hydrogens is 374 g/mol. The van der Waals surface area contributed by atoms with Crippen LogP contribution in [0.15, 0.2) is 36.5 Å². The summed E-state index contributed by atoms with van der Waals surface area (Å²) in [6.07, 6.45) is 3.25. The molecule has 136 valence electrons. The number of anilines is 1. The molecule has 2 aliphatic carbocycles. The molecule has 1 amide bonds. The van der Waals surface area contributed by atoms with Crippen LogP contribution in [0.5, 0.6) is 0 Å². The highest BCUT2D eigenvalue weighted by Gasteiger charge is 2.50. The van der Waals surface area contributed by atoms with Gasteiger partial charge in [0.05, 0.1) is 11.4 Å². The van der Waals surface area contributed by atoms with Crippen LogP contribution in [-0.4, -0.2) is 20.7 Å².